The van der Waals surface area contributed by atoms with Gasteiger partial charge in [-0.1, -0.05) is 26.0 Å². The predicted octanol–water partition coefficient (Wildman–Crippen LogP) is 2.29. The minimum atomic E-state index is -4.47. The summed E-state index contributed by atoms with van der Waals surface area (Å²) in [6.07, 6.45) is -1.94. The van der Waals surface area contributed by atoms with E-state index in [2.05, 4.69) is 15.4 Å². The molecular formula is C20H21F3N6O3. The van der Waals surface area contributed by atoms with Crippen molar-refractivity contribution in [1.29, 1.82) is 0 Å². The number of aromatic amines is 1. The molecule has 4 N–H and O–H groups in total. The third-order valence-corrected chi connectivity index (χ3v) is 4.50. The number of anilines is 2. The molecule has 32 heavy (non-hydrogen) atoms. The first-order valence-corrected chi connectivity index (χ1v) is 9.58. The number of alkyl halides is 3. The fourth-order valence-corrected chi connectivity index (χ4v) is 3.03. The number of halogens is 3. The van der Waals surface area contributed by atoms with Crippen LogP contribution in [0, 0.1) is 5.92 Å². The standard InChI is InChI=1S/C20H21F3N6O3/c1-11(2)8-29-18(31)15(16(24)27-19(29)32)26-17(30)13-7-25-28(10-13)9-12-4-3-5-14(6-12)20(21,22)23/h3-7,10-11H,8-9,24H2,1-2H3,(H,26,30)(H,27,32). The van der Waals surface area contributed by atoms with Gasteiger partial charge in [0.15, 0.2) is 0 Å². The molecule has 2 aromatic heterocycles. The molecule has 0 radical (unpaired) electrons. The van der Waals surface area contributed by atoms with Gasteiger partial charge in [-0.25, -0.2) is 4.79 Å². The summed E-state index contributed by atoms with van der Waals surface area (Å²) < 4.78 is 40.9. The summed E-state index contributed by atoms with van der Waals surface area (Å²) in [5.74, 6) is -1.01. The maximum Gasteiger partial charge on any atom is 0.416 e. The molecule has 170 valence electrons. The van der Waals surface area contributed by atoms with Crippen LogP contribution < -0.4 is 22.3 Å². The summed E-state index contributed by atoms with van der Waals surface area (Å²) >= 11 is 0. The second-order valence-corrected chi connectivity index (χ2v) is 7.61. The Hall–Kier alpha value is -3.83. The number of nitrogen functional groups attached to an aromatic ring is 1. The topological polar surface area (TPSA) is 128 Å². The number of nitrogens with one attached hydrogen (secondary N) is 2. The second kappa shape index (κ2) is 8.73. The van der Waals surface area contributed by atoms with E-state index in [-0.39, 0.29) is 36.1 Å². The number of hydrogen-bond acceptors (Lipinski definition) is 5. The number of benzene rings is 1. The van der Waals surface area contributed by atoms with Crippen molar-refractivity contribution in [3.05, 3.63) is 74.2 Å². The van der Waals surface area contributed by atoms with Crippen LogP contribution in [0.3, 0.4) is 0 Å². The fraction of sp³-hybridized carbons (Fsp3) is 0.300. The zero-order valence-corrected chi connectivity index (χ0v) is 17.2. The molecule has 3 aromatic rings. The number of hydrogen-bond donors (Lipinski definition) is 3. The first-order valence-electron chi connectivity index (χ1n) is 9.58. The van der Waals surface area contributed by atoms with Crippen molar-refractivity contribution in [2.24, 2.45) is 5.92 Å². The van der Waals surface area contributed by atoms with E-state index in [0.29, 0.717) is 5.56 Å². The molecule has 0 atom stereocenters. The van der Waals surface area contributed by atoms with Crippen LogP contribution in [0.1, 0.15) is 35.3 Å². The number of rotatable bonds is 6. The lowest BCUT2D eigenvalue weighted by molar-refractivity contribution is -0.137. The summed E-state index contributed by atoms with van der Waals surface area (Å²) in [6, 6.07) is 4.76. The second-order valence-electron chi connectivity index (χ2n) is 7.61. The van der Waals surface area contributed by atoms with Gasteiger partial charge in [0.1, 0.15) is 11.5 Å². The Balaban J connectivity index is 1.80. The Labute approximate surface area is 179 Å². The van der Waals surface area contributed by atoms with E-state index in [4.69, 9.17) is 5.73 Å². The van der Waals surface area contributed by atoms with E-state index in [1.807, 2.05) is 13.8 Å². The minimum Gasteiger partial charge on any atom is -0.383 e. The molecule has 0 saturated carbocycles. The Bertz CT molecular complexity index is 1260. The third-order valence-electron chi connectivity index (χ3n) is 4.50. The van der Waals surface area contributed by atoms with Crippen LogP contribution in [0.5, 0.6) is 0 Å². The Morgan fingerprint density at radius 2 is 2.00 bits per heavy atom. The third kappa shape index (κ3) is 5.07. The Morgan fingerprint density at radius 3 is 2.66 bits per heavy atom. The van der Waals surface area contributed by atoms with Crippen LogP contribution in [-0.2, 0) is 19.3 Å². The van der Waals surface area contributed by atoms with Gasteiger partial charge in [0.2, 0.25) is 0 Å². The van der Waals surface area contributed by atoms with Crippen molar-refractivity contribution in [3.8, 4) is 0 Å². The Kier molecular flexibility index (Phi) is 6.23. The monoisotopic (exact) mass is 450 g/mol. The quantitative estimate of drug-likeness (QED) is 0.531. The molecule has 0 aliphatic carbocycles. The van der Waals surface area contributed by atoms with Crippen LogP contribution in [0.4, 0.5) is 24.7 Å². The highest BCUT2D eigenvalue weighted by Crippen LogP contribution is 2.29. The lowest BCUT2D eigenvalue weighted by Crippen LogP contribution is -2.39. The number of nitrogens with zero attached hydrogens (tertiary/aromatic N) is 3. The summed E-state index contributed by atoms with van der Waals surface area (Å²) in [6.45, 7) is 3.77. The van der Waals surface area contributed by atoms with Gasteiger partial charge in [0.25, 0.3) is 11.5 Å². The number of H-pyrrole nitrogens is 1. The first-order chi connectivity index (χ1) is 15.0. The summed E-state index contributed by atoms with van der Waals surface area (Å²) in [5, 5.41) is 6.36. The largest absolute Gasteiger partial charge is 0.416 e. The molecule has 1 amide bonds. The van der Waals surface area contributed by atoms with Crippen LogP contribution in [0.15, 0.2) is 46.2 Å². The van der Waals surface area contributed by atoms with Crippen molar-refractivity contribution < 1.29 is 18.0 Å². The molecule has 12 heteroatoms. The maximum atomic E-state index is 12.9. The van der Waals surface area contributed by atoms with E-state index >= 15 is 0 Å². The minimum absolute atomic E-state index is 0.000804. The van der Waals surface area contributed by atoms with Gasteiger partial charge < -0.3 is 11.1 Å². The van der Waals surface area contributed by atoms with Crippen molar-refractivity contribution in [2.45, 2.75) is 33.1 Å². The highest BCUT2D eigenvalue weighted by molar-refractivity contribution is 6.05. The van der Waals surface area contributed by atoms with Gasteiger partial charge in [0, 0.05) is 12.7 Å². The highest BCUT2D eigenvalue weighted by Gasteiger charge is 2.30. The molecule has 0 aliphatic rings. The molecule has 3 rings (SSSR count). The smallest absolute Gasteiger partial charge is 0.383 e. The van der Waals surface area contributed by atoms with Crippen LogP contribution >= 0.6 is 0 Å². The van der Waals surface area contributed by atoms with E-state index in [0.717, 1.165) is 16.7 Å². The van der Waals surface area contributed by atoms with Crippen LogP contribution in [0.2, 0.25) is 0 Å². The van der Waals surface area contributed by atoms with Crippen LogP contribution in [0.25, 0.3) is 0 Å². The molecule has 0 aliphatic heterocycles. The molecular weight excluding hydrogens is 429 g/mol. The molecule has 1 aromatic carbocycles. The van der Waals surface area contributed by atoms with E-state index in [1.165, 1.54) is 29.2 Å². The number of carbonyl (C=O) groups is 1. The van der Waals surface area contributed by atoms with Crippen molar-refractivity contribution in [3.63, 3.8) is 0 Å². The highest BCUT2D eigenvalue weighted by atomic mass is 19.4. The molecule has 9 nitrogen and oxygen atoms in total. The van der Waals surface area contributed by atoms with Gasteiger partial charge >= 0.3 is 11.9 Å². The van der Waals surface area contributed by atoms with E-state index in [9.17, 15) is 27.6 Å². The SMILES string of the molecule is CC(C)Cn1c(=O)[nH]c(N)c(NC(=O)c2cnn(Cc3cccc(C(F)(F)F)c3)c2)c1=O. The molecule has 0 fully saturated rings. The normalized spacial score (nSPS) is 11.7. The number of amides is 1. The van der Waals surface area contributed by atoms with Gasteiger partial charge in [-0.05, 0) is 23.6 Å². The molecule has 0 spiro atoms. The maximum absolute atomic E-state index is 12.9. The van der Waals surface area contributed by atoms with Crippen molar-refractivity contribution in [1.82, 2.24) is 19.3 Å². The van der Waals surface area contributed by atoms with Crippen molar-refractivity contribution >= 4 is 17.4 Å². The number of nitrogens with two attached hydrogens (primary N) is 1. The van der Waals surface area contributed by atoms with Gasteiger partial charge in [-0.15, -0.1) is 0 Å². The van der Waals surface area contributed by atoms with E-state index in [1.54, 1.807) is 0 Å². The zero-order valence-electron chi connectivity index (χ0n) is 17.2. The molecule has 0 saturated heterocycles. The van der Waals surface area contributed by atoms with Gasteiger partial charge in [-0.3, -0.25) is 23.8 Å². The number of aromatic nitrogens is 4. The lowest BCUT2D eigenvalue weighted by atomic mass is 10.1. The van der Waals surface area contributed by atoms with E-state index < -0.39 is 28.9 Å². The summed E-state index contributed by atoms with van der Waals surface area (Å²) in [7, 11) is 0. The molecule has 2 heterocycles. The lowest BCUT2D eigenvalue weighted by Gasteiger charge is -2.12. The Morgan fingerprint density at radius 1 is 1.28 bits per heavy atom. The molecule has 0 bridgehead atoms. The fourth-order valence-electron chi connectivity index (χ4n) is 3.03. The van der Waals surface area contributed by atoms with Gasteiger partial charge in [-0.2, -0.15) is 18.3 Å². The van der Waals surface area contributed by atoms with Gasteiger partial charge in [0.05, 0.1) is 23.9 Å². The van der Waals surface area contributed by atoms with Crippen LogP contribution in [-0.4, -0.2) is 25.2 Å². The molecule has 0 unspecified atom stereocenters. The summed E-state index contributed by atoms with van der Waals surface area (Å²) in [4.78, 5) is 39.5. The zero-order chi connectivity index (χ0) is 23.6. The average molecular weight is 450 g/mol. The average Bonchev–Trinajstić information content (AvgIpc) is 3.16. The first kappa shape index (κ1) is 22.8. The van der Waals surface area contributed by atoms with Crippen molar-refractivity contribution in [2.75, 3.05) is 11.1 Å². The predicted molar refractivity (Wildman–Crippen MR) is 111 cm³/mol. The number of carbonyl (C=O) groups excluding carboxylic acids is 1. The summed E-state index contributed by atoms with van der Waals surface area (Å²) in [5.41, 5.74) is 3.61.